The molecule has 1 atom stereocenters. The molecular formula is C9H12N2O. The van der Waals surface area contributed by atoms with Crippen molar-refractivity contribution < 1.29 is 4.84 Å². The zero-order valence-electron chi connectivity index (χ0n) is 6.79. The van der Waals surface area contributed by atoms with Gasteiger partial charge >= 0.3 is 0 Å². The molecule has 3 heteroatoms. The van der Waals surface area contributed by atoms with Gasteiger partial charge in [-0.2, -0.15) is 0 Å². The second-order valence-corrected chi connectivity index (χ2v) is 3.00. The van der Waals surface area contributed by atoms with E-state index < -0.39 is 0 Å². The summed E-state index contributed by atoms with van der Waals surface area (Å²) < 4.78 is 0. The largest absolute Gasteiger partial charge is 0.384 e. The van der Waals surface area contributed by atoms with Gasteiger partial charge in [0.1, 0.15) is 0 Å². The molecule has 1 aliphatic heterocycles. The van der Waals surface area contributed by atoms with Crippen molar-refractivity contribution in [2.24, 2.45) is 5.90 Å². The van der Waals surface area contributed by atoms with Crippen LogP contribution in [0.3, 0.4) is 0 Å². The molecule has 0 saturated carbocycles. The summed E-state index contributed by atoms with van der Waals surface area (Å²) in [6, 6.07) is 8.25. The Morgan fingerprint density at radius 1 is 1.50 bits per heavy atom. The van der Waals surface area contributed by atoms with E-state index in [1.807, 2.05) is 12.1 Å². The summed E-state index contributed by atoms with van der Waals surface area (Å²) in [6.07, 6.45) is 0. The zero-order chi connectivity index (χ0) is 8.39. The number of nitrogens with one attached hydrogen (secondary N) is 1. The van der Waals surface area contributed by atoms with Crippen LogP contribution in [-0.2, 0) is 4.84 Å². The molecule has 0 bridgehead atoms. The van der Waals surface area contributed by atoms with Crippen LogP contribution >= 0.6 is 0 Å². The van der Waals surface area contributed by atoms with Gasteiger partial charge in [0.15, 0.2) is 0 Å². The van der Waals surface area contributed by atoms with Gasteiger partial charge in [0.25, 0.3) is 0 Å². The molecule has 0 fully saturated rings. The van der Waals surface area contributed by atoms with Crippen molar-refractivity contribution in [2.45, 2.75) is 5.92 Å². The minimum Gasteiger partial charge on any atom is -0.384 e. The first-order chi connectivity index (χ1) is 5.92. The van der Waals surface area contributed by atoms with E-state index in [1.54, 1.807) is 0 Å². The first kappa shape index (κ1) is 7.58. The van der Waals surface area contributed by atoms with Gasteiger partial charge in [-0.05, 0) is 11.6 Å². The lowest BCUT2D eigenvalue weighted by molar-refractivity contribution is 0.127. The Labute approximate surface area is 71.5 Å². The van der Waals surface area contributed by atoms with Crippen LogP contribution in [0.15, 0.2) is 24.3 Å². The van der Waals surface area contributed by atoms with E-state index in [4.69, 9.17) is 5.90 Å². The third-order valence-electron chi connectivity index (χ3n) is 2.24. The quantitative estimate of drug-likeness (QED) is 0.643. The maximum atomic E-state index is 5.04. The van der Waals surface area contributed by atoms with Crippen LogP contribution in [0.5, 0.6) is 0 Å². The monoisotopic (exact) mass is 164 g/mol. The predicted octanol–water partition coefficient (Wildman–Crippen LogP) is 1.09. The highest BCUT2D eigenvalue weighted by Gasteiger charge is 2.20. The van der Waals surface area contributed by atoms with Gasteiger partial charge in [-0.3, -0.25) is 0 Å². The SMILES string of the molecule is NOCC1CNc2ccccc21. The number of nitrogens with two attached hydrogens (primary N) is 1. The molecule has 0 saturated heterocycles. The molecule has 1 unspecified atom stereocenters. The molecule has 0 radical (unpaired) electrons. The van der Waals surface area contributed by atoms with Crippen molar-refractivity contribution in [2.75, 3.05) is 18.5 Å². The Kier molecular flexibility index (Phi) is 1.98. The molecule has 3 nitrogen and oxygen atoms in total. The summed E-state index contributed by atoms with van der Waals surface area (Å²) in [4.78, 5) is 4.64. The third kappa shape index (κ3) is 1.17. The van der Waals surface area contributed by atoms with E-state index in [1.165, 1.54) is 11.3 Å². The Morgan fingerprint density at radius 3 is 3.17 bits per heavy atom. The number of hydrogen-bond acceptors (Lipinski definition) is 3. The lowest BCUT2D eigenvalue weighted by atomic mass is 10.0. The first-order valence-corrected chi connectivity index (χ1v) is 4.06. The molecule has 1 aromatic rings. The fraction of sp³-hybridized carbons (Fsp3) is 0.333. The van der Waals surface area contributed by atoms with E-state index in [9.17, 15) is 0 Å². The smallest absolute Gasteiger partial charge is 0.0765 e. The van der Waals surface area contributed by atoms with E-state index in [0.29, 0.717) is 12.5 Å². The molecule has 2 rings (SSSR count). The van der Waals surface area contributed by atoms with Gasteiger partial charge in [-0.25, -0.2) is 5.90 Å². The summed E-state index contributed by atoms with van der Waals surface area (Å²) >= 11 is 0. The minimum absolute atomic E-state index is 0.409. The van der Waals surface area contributed by atoms with Crippen molar-refractivity contribution >= 4 is 5.69 Å². The molecule has 0 spiro atoms. The predicted molar refractivity (Wildman–Crippen MR) is 47.8 cm³/mol. The van der Waals surface area contributed by atoms with Gasteiger partial charge in [0, 0.05) is 18.2 Å². The third-order valence-corrected chi connectivity index (χ3v) is 2.24. The summed E-state index contributed by atoms with van der Waals surface area (Å²) in [6.45, 7) is 1.51. The summed E-state index contributed by atoms with van der Waals surface area (Å²) in [5.41, 5.74) is 2.52. The molecule has 1 aromatic carbocycles. The van der Waals surface area contributed by atoms with Gasteiger partial charge in [0.2, 0.25) is 0 Å². The second-order valence-electron chi connectivity index (χ2n) is 3.00. The van der Waals surface area contributed by atoms with Crippen molar-refractivity contribution in [3.63, 3.8) is 0 Å². The molecule has 12 heavy (non-hydrogen) atoms. The first-order valence-electron chi connectivity index (χ1n) is 4.06. The standard InChI is InChI=1S/C9H12N2O/c10-12-6-7-5-11-9-4-2-1-3-8(7)9/h1-4,7,11H,5-6,10H2. The van der Waals surface area contributed by atoms with Crippen LogP contribution in [-0.4, -0.2) is 13.2 Å². The average molecular weight is 164 g/mol. The number of rotatable bonds is 2. The van der Waals surface area contributed by atoms with Crippen LogP contribution in [0.25, 0.3) is 0 Å². The fourth-order valence-electron chi connectivity index (χ4n) is 1.62. The maximum absolute atomic E-state index is 5.04. The molecule has 64 valence electrons. The zero-order valence-corrected chi connectivity index (χ0v) is 6.79. The lowest BCUT2D eigenvalue weighted by Gasteiger charge is -2.06. The van der Waals surface area contributed by atoms with Crippen molar-refractivity contribution in [3.05, 3.63) is 29.8 Å². The lowest BCUT2D eigenvalue weighted by Crippen LogP contribution is -2.12. The molecular weight excluding hydrogens is 152 g/mol. The molecule has 1 aliphatic rings. The van der Waals surface area contributed by atoms with Gasteiger partial charge in [0.05, 0.1) is 6.61 Å². The Morgan fingerprint density at radius 2 is 2.33 bits per heavy atom. The number of benzene rings is 1. The highest BCUT2D eigenvalue weighted by Crippen LogP contribution is 2.30. The van der Waals surface area contributed by atoms with Crippen LogP contribution in [0.4, 0.5) is 5.69 Å². The molecule has 1 heterocycles. The molecule has 3 N–H and O–H groups in total. The number of para-hydroxylation sites is 1. The number of hydrogen-bond donors (Lipinski definition) is 2. The summed E-state index contributed by atoms with van der Waals surface area (Å²) in [7, 11) is 0. The highest BCUT2D eigenvalue weighted by molar-refractivity contribution is 5.57. The highest BCUT2D eigenvalue weighted by atomic mass is 16.6. The van der Waals surface area contributed by atoms with Gasteiger partial charge in [-0.15, -0.1) is 0 Å². The van der Waals surface area contributed by atoms with Crippen LogP contribution < -0.4 is 11.2 Å². The maximum Gasteiger partial charge on any atom is 0.0765 e. The van der Waals surface area contributed by atoms with Crippen LogP contribution in [0.1, 0.15) is 11.5 Å². The van der Waals surface area contributed by atoms with Crippen molar-refractivity contribution in [1.29, 1.82) is 0 Å². The van der Waals surface area contributed by atoms with Crippen molar-refractivity contribution in [3.8, 4) is 0 Å². The molecule has 0 amide bonds. The van der Waals surface area contributed by atoms with Crippen LogP contribution in [0.2, 0.25) is 0 Å². The summed E-state index contributed by atoms with van der Waals surface area (Å²) in [5, 5.41) is 3.30. The average Bonchev–Trinajstić information content (AvgIpc) is 2.50. The number of fused-ring (bicyclic) bond motifs is 1. The normalized spacial score (nSPS) is 20.2. The van der Waals surface area contributed by atoms with E-state index >= 15 is 0 Å². The van der Waals surface area contributed by atoms with E-state index in [2.05, 4.69) is 22.3 Å². The fourth-order valence-corrected chi connectivity index (χ4v) is 1.62. The molecule has 0 aliphatic carbocycles. The van der Waals surface area contributed by atoms with Crippen molar-refractivity contribution in [1.82, 2.24) is 0 Å². The Hall–Kier alpha value is -1.06. The van der Waals surface area contributed by atoms with E-state index in [0.717, 1.165) is 6.54 Å². The van der Waals surface area contributed by atoms with E-state index in [-0.39, 0.29) is 0 Å². The Bertz CT molecular complexity index is 273. The Balaban J connectivity index is 2.24. The summed E-state index contributed by atoms with van der Waals surface area (Å²) in [5.74, 6) is 5.45. The topological polar surface area (TPSA) is 47.3 Å². The molecule has 0 aromatic heterocycles. The second kappa shape index (κ2) is 3.13. The van der Waals surface area contributed by atoms with Gasteiger partial charge in [-0.1, -0.05) is 18.2 Å². The number of anilines is 1. The minimum atomic E-state index is 0.409. The van der Waals surface area contributed by atoms with Gasteiger partial charge < -0.3 is 10.2 Å². The van der Waals surface area contributed by atoms with Crippen LogP contribution in [0, 0.1) is 0 Å².